The zero-order valence-corrected chi connectivity index (χ0v) is 12.5. The molecule has 0 radical (unpaired) electrons. The first-order valence-electron chi connectivity index (χ1n) is 5.99. The topological polar surface area (TPSA) is 95.7 Å². The summed E-state index contributed by atoms with van der Waals surface area (Å²) < 4.78 is 33.5. The molecular formula is C13H19NO5S. The van der Waals surface area contributed by atoms with E-state index in [0.29, 0.717) is 11.3 Å². The maximum Gasteiger partial charge on any atom is 0.320 e. The summed E-state index contributed by atoms with van der Waals surface area (Å²) in [4.78, 5) is 11.1. The fourth-order valence-corrected chi connectivity index (χ4v) is 2.99. The van der Waals surface area contributed by atoms with E-state index in [1.165, 1.54) is 6.92 Å². The second kappa shape index (κ2) is 6.71. The molecule has 0 aliphatic carbocycles. The van der Waals surface area contributed by atoms with Crippen LogP contribution in [0.4, 0.5) is 0 Å². The Kier molecular flexibility index (Phi) is 5.52. The first-order chi connectivity index (χ1) is 9.31. The number of benzene rings is 1. The van der Waals surface area contributed by atoms with Crippen LogP contribution in [-0.2, 0) is 19.4 Å². The summed E-state index contributed by atoms with van der Waals surface area (Å²) >= 11 is 0. The number of sulfone groups is 1. The second-order valence-electron chi connectivity index (χ2n) is 4.39. The van der Waals surface area contributed by atoms with Gasteiger partial charge in [0.2, 0.25) is 0 Å². The molecule has 0 saturated heterocycles. The van der Waals surface area contributed by atoms with Gasteiger partial charge in [-0.1, -0.05) is 12.1 Å². The van der Waals surface area contributed by atoms with E-state index in [-0.39, 0.29) is 0 Å². The third kappa shape index (κ3) is 3.94. The summed E-state index contributed by atoms with van der Waals surface area (Å²) in [6.07, 6.45) is 0. The lowest BCUT2D eigenvalue weighted by molar-refractivity contribution is -0.137. The van der Waals surface area contributed by atoms with Crippen molar-refractivity contribution in [3.05, 3.63) is 29.8 Å². The van der Waals surface area contributed by atoms with Crippen LogP contribution in [0.5, 0.6) is 5.75 Å². The quantitative estimate of drug-likeness (QED) is 0.776. The average Bonchev–Trinajstić information content (AvgIpc) is 2.45. The summed E-state index contributed by atoms with van der Waals surface area (Å²) in [5, 5.41) is -0.894. The number of nitrogens with two attached hydrogens (primary N) is 1. The fraction of sp³-hybridized carbons (Fsp3) is 0.462. The largest absolute Gasteiger partial charge is 0.497 e. The van der Waals surface area contributed by atoms with Gasteiger partial charge < -0.3 is 15.2 Å². The molecule has 0 aromatic heterocycles. The Hall–Kier alpha value is -1.60. The van der Waals surface area contributed by atoms with Crippen molar-refractivity contribution in [1.82, 2.24) is 0 Å². The smallest absolute Gasteiger partial charge is 0.320 e. The highest BCUT2D eigenvalue weighted by Gasteiger charge is 2.30. The predicted octanol–water partition coefficient (Wildman–Crippen LogP) is 0.671. The summed E-state index contributed by atoms with van der Waals surface area (Å²) in [5.41, 5.74) is 6.62. The lowest BCUT2D eigenvalue weighted by Gasteiger charge is -2.20. The molecule has 1 rings (SSSR count). The van der Waals surface area contributed by atoms with Crippen molar-refractivity contribution in [2.24, 2.45) is 5.73 Å². The highest BCUT2D eigenvalue weighted by Crippen LogP contribution is 2.22. The summed E-state index contributed by atoms with van der Waals surface area (Å²) in [7, 11) is -0.981. The summed E-state index contributed by atoms with van der Waals surface area (Å²) in [6, 6.07) is 6.08. The van der Waals surface area contributed by atoms with E-state index >= 15 is 0 Å². The molecule has 1 aromatic carbocycles. The molecule has 0 saturated carbocycles. The number of methoxy groups -OCH3 is 2. The minimum Gasteiger partial charge on any atom is -0.497 e. The van der Waals surface area contributed by atoms with Gasteiger partial charge in [-0.25, -0.2) is 8.42 Å². The first-order valence-corrected chi connectivity index (χ1v) is 7.71. The predicted molar refractivity (Wildman–Crippen MR) is 75.2 cm³/mol. The van der Waals surface area contributed by atoms with Gasteiger partial charge >= 0.3 is 5.97 Å². The Bertz CT molecular complexity index is 553. The van der Waals surface area contributed by atoms with Gasteiger partial charge in [-0.05, 0) is 24.6 Å². The minimum atomic E-state index is -3.67. The Labute approximate surface area is 118 Å². The van der Waals surface area contributed by atoms with Gasteiger partial charge in [-0.2, -0.15) is 0 Å². The van der Waals surface area contributed by atoms with Crippen molar-refractivity contribution >= 4 is 15.8 Å². The van der Waals surface area contributed by atoms with Crippen LogP contribution >= 0.6 is 0 Å². The Morgan fingerprint density at radius 1 is 1.25 bits per heavy atom. The molecular weight excluding hydrogens is 282 g/mol. The van der Waals surface area contributed by atoms with E-state index < -0.39 is 32.9 Å². The van der Waals surface area contributed by atoms with Gasteiger partial charge in [-0.15, -0.1) is 0 Å². The number of carbonyl (C=O) groups is 1. The number of hydrogen-bond donors (Lipinski definition) is 1. The van der Waals surface area contributed by atoms with Crippen molar-refractivity contribution in [2.75, 3.05) is 20.0 Å². The molecule has 112 valence electrons. The van der Waals surface area contributed by atoms with E-state index in [4.69, 9.17) is 10.5 Å². The zero-order chi connectivity index (χ0) is 15.3. The van der Waals surface area contributed by atoms with Crippen LogP contribution in [0.3, 0.4) is 0 Å². The third-order valence-corrected chi connectivity index (χ3v) is 5.18. The van der Waals surface area contributed by atoms with Crippen molar-refractivity contribution in [2.45, 2.75) is 18.2 Å². The fourth-order valence-electron chi connectivity index (χ4n) is 1.68. The number of esters is 1. The van der Waals surface area contributed by atoms with Crippen LogP contribution < -0.4 is 10.5 Å². The monoisotopic (exact) mass is 301 g/mol. The van der Waals surface area contributed by atoms with Gasteiger partial charge in [0.15, 0.2) is 9.84 Å². The van der Waals surface area contributed by atoms with Crippen molar-refractivity contribution in [3.8, 4) is 5.75 Å². The van der Waals surface area contributed by atoms with E-state index in [1.807, 2.05) is 0 Å². The van der Waals surface area contributed by atoms with E-state index in [9.17, 15) is 13.2 Å². The maximum absolute atomic E-state index is 12.0. The zero-order valence-electron chi connectivity index (χ0n) is 11.7. The van der Waals surface area contributed by atoms with Gasteiger partial charge in [0, 0.05) is 6.04 Å². The van der Waals surface area contributed by atoms with Crippen LogP contribution in [-0.4, -0.2) is 39.6 Å². The molecule has 0 aliphatic rings. The molecule has 0 amide bonds. The normalized spacial score (nSPS) is 14.4. The standard InChI is InChI=1S/C13H19NO5S/c1-9(20(16,17)8-12(15)19-3)13(14)10-4-6-11(18-2)7-5-10/h4-7,9,13H,8,14H2,1-3H3. The summed E-state index contributed by atoms with van der Waals surface area (Å²) in [6.45, 7) is 1.48. The number of carbonyl (C=O) groups excluding carboxylic acids is 1. The molecule has 0 spiro atoms. The maximum atomic E-state index is 12.0. The van der Waals surface area contributed by atoms with Crippen molar-refractivity contribution in [1.29, 1.82) is 0 Å². The molecule has 6 nitrogen and oxygen atoms in total. The van der Waals surface area contributed by atoms with E-state index in [2.05, 4.69) is 4.74 Å². The van der Waals surface area contributed by atoms with Crippen molar-refractivity contribution < 1.29 is 22.7 Å². The molecule has 0 fully saturated rings. The molecule has 0 bridgehead atoms. The van der Waals surface area contributed by atoms with E-state index in [0.717, 1.165) is 7.11 Å². The molecule has 20 heavy (non-hydrogen) atoms. The average molecular weight is 301 g/mol. The lowest BCUT2D eigenvalue weighted by atomic mass is 10.1. The van der Waals surface area contributed by atoms with Crippen LogP contribution in [0.15, 0.2) is 24.3 Å². The molecule has 2 N–H and O–H groups in total. The first kappa shape index (κ1) is 16.5. The molecule has 2 unspecified atom stereocenters. The van der Waals surface area contributed by atoms with Gasteiger partial charge in [0.1, 0.15) is 11.5 Å². The van der Waals surface area contributed by atoms with E-state index in [1.54, 1.807) is 31.4 Å². The van der Waals surface area contributed by atoms with Crippen LogP contribution in [0, 0.1) is 0 Å². The van der Waals surface area contributed by atoms with Crippen LogP contribution in [0.2, 0.25) is 0 Å². The van der Waals surface area contributed by atoms with Crippen LogP contribution in [0.1, 0.15) is 18.5 Å². The molecule has 0 aliphatic heterocycles. The number of rotatable bonds is 6. The third-order valence-electron chi connectivity index (χ3n) is 3.12. The summed E-state index contributed by atoms with van der Waals surface area (Å²) in [5.74, 6) is -0.807. The number of ether oxygens (including phenoxy) is 2. The SMILES string of the molecule is COC(=O)CS(=O)(=O)C(C)C(N)c1ccc(OC)cc1. The Balaban J connectivity index is 2.89. The van der Waals surface area contributed by atoms with Crippen LogP contribution in [0.25, 0.3) is 0 Å². The molecule has 0 heterocycles. The molecule has 1 aromatic rings. The van der Waals surface area contributed by atoms with Crippen molar-refractivity contribution in [3.63, 3.8) is 0 Å². The molecule has 2 atom stereocenters. The molecule has 7 heteroatoms. The van der Waals surface area contributed by atoms with Gasteiger partial charge in [0.05, 0.1) is 19.5 Å². The van der Waals surface area contributed by atoms with Gasteiger partial charge in [0.25, 0.3) is 0 Å². The second-order valence-corrected chi connectivity index (χ2v) is 6.75. The highest BCUT2D eigenvalue weighted by molar-refractivity contribution is 7.92. The highest BCUT2D eigenvalue weighted by atomic mass is 32.2. The minimum absolute atomic E-state index is 0.658. The Morgan fingerprint density at radius 3 is 2.25 bits per heavy atom. The van der Waals surface area contributed by atoms with Gasteiger partial charge in [-0.3, -0.25) is 4.79 Å². The number of hydrogen-bond acceptors (Lipinski definition) is 6. The lowest BCUT2D eigenvalue weighted by Crippen LogP contribution is -2.35. The Morgan fingerprint density at radius 2 is 1.80 bits per heavy atom.